The first-order valence-corrected chi connectivity index (χ1v) is 27.4. The van der Waals surface area contributed by atoms with Crippen LogP contribution in [0.15, 0.2) is 224 Å². The summed E-state index contributed by atoms with van der Waals surface area (Å²) in [6.07, 6.45) is 0. The highest BCUT2D eigenvalue weighted by Crippen LogP contribution is 2.65. The molecule has 6 aliphatic rings. The van der Waals surface area contributed by atoms with E-state index in [1.165, 1.54) is 22.3 Å². The van der Waals surface area contributed by atoms with Crippen LogP contribution in [0.3, 0.4) is 0 Å². The summed E-state index contributed by atoms with van der Waals surface area (Å²) in [6, 6.07) is 79.3. The predicted molar refractivity (Wildman–Crippen MR) is 313 cm³/mol. The molecule has 11 aromatic carbocycles. The van der Waals surface area contributed by atoms with Gasteiger partial charge in [0.15, 0.2) is 69.0 Å². The van der Waals surface area contributed by atoms with E-state index in [9.17, 15) is 0 Å². The molecule has 3 aliphatic carbocycles. The average Bonchev–Trinajstić information content (AvgIpc) is 4.24. The summed E-state index contributed by atoms with van der Waals surface area (Å²) in [6.45, 7) is 9.28. The van der Waals surface area contributed by atoms with E-state index in [1.807, 2.05) is 72.8 Å². The molecule has 0 saturated heterocycles. The molecule has 0 atom stereocenters. The topological polar surface area (TPSA) is 58.6 Å². The van der Waals surface area contributed by atoms with E-state index in [0.29, 0.717) is 57.5 Å². The minimum Gasteiger partial charge on any atom is -0.449 e. The maximum Gasteiger partial charge on any atom is 0.178 e. The molecule has 0 N–H and O–H groups in total. The van der Waals surface area contributed by atoms with Gasteiger partial charge >= 0.3 is 0 Å². The summed E-state index contributed by atoms with van der Waals surface area (Å²) in [4.78, 5) is 2.45. The van der Waals surface area contributed by atoms with E-state index >= 15 is 0 Å². The lowest BCUT2D eigenvalue weighted by Crippen LogP contribution is -2.28. The number of anilines is 3. The van der Waals surface area contributed by atoms with Gasteiger partial charge in [-0.3, -0.25) is 0 Å². The fourth-order valence-corrected chi connectivity index (χ4v) is 14.0. The Bertz CT molecular complexity index is 4300. The first-order valence-electron chi connectivity index (χ1n) is 27.4. The van der Waals surface area contributed by atoms with Crippen LogP contribution < -0.4 is 33.3 Å². The standard InChI is InChI=1S/C73H49NO6/c1-71(2)50-33-36-62-68(78-59-24-14-11-21-56(59)75-62)65(50)47-30-27-44(39-53(47)71)74(45-28-31-48-54(40-45)72(3,4)51-34-37-63-69(66(48)51)79-60-25-15-12-22-57(60)76-63)46-29-32-49-55(41-46)73(42-17-7-5-8-18-42,43-19-9-6-10-20-43)52-35-38-64-70(67(49)52)80-61-26-16-13-23-58(61)77-64/h5-41H,1-4H3. The van der Waals surface area contributed by atoms with E-state index in [1.54, 1.807) is 0 Å². The van der Waals surface area contributed by atoms with Gasteiger partial charge in [-0.25, -0.2) is 0 Å². The Morgan fingerprint density at radius 1 is 0.263 bits per heavy atom. The second-order valence-corrected chi connectivity index (χ2v) is 22.7. The molecule has 7 heteroatoms. The van der Waals surface area contributed by atoms with E-state index in [0.717, 1.165) is 84.2 Å². The number of benzene rings is 11. The van der Waals surface area contributed by atoms with Gasteiger partial charge < -0.3 is 33.3 Å². The van der Waals surface area contributed by atoms with Gasteiger partial charge in [-0.1, -0.05) is 161 Å². The molecule has 11 aromatic rings. The van der Waals surface area contributed by atoms with Gasteiger partial charge in [0.2, 0.25) is 0 Å². The van der Waals surface area contributed by atoms with Crippen molar-refractivity contribution >= 4 is 17.1 Å². The summed E-state index contributed by atoms with van der Waals surface area (Å²) in [5.74, 6) is 8.52. The highest BCUT2D eigenvalue weighted by molar-refractivity contribution is 5.96. The molecule has 382 valence electrons. The predicted octanol–water partition coefficient (Wildman–Crippen LogP) is 19.8. The van der Waals surface area contributed by atoms with Crippen molar-refractivity contribution in [2.24, 2.45) is 0 Å². The number of nitrogens with zero attached hydrogens (tertiary/aromatic N) is 1. The van der Waals surface area contributed by atoms with E-state index in [-0.39, 0.29) is 0 Å². The molecular weight excluding hydrogens is 987 g/mol. The molecule has 80 heavy (non-hydrogen) atoms. The van der Waals surface area contributed by atoms with Crippen molar-refractivity contribution in [3.05, 3.63) is 269 Å². The van der Waals surface area contributed by atoms with Crippen LogP contribution in [0, 0.1) is 0 Å². The lowest BCUT2D eigenvalue weighted by Gasteiger charge is -2.35. The molecule has 17 rings (SSSR count). The number of para-hydroxylation sites is 6. The Morgan fingerprint density at radius 2 is 0.575 bits per heavy atom. The van der Waals surface area contributed by atoms with Gasteiger partial charge in [-0.2, -0.15) is 0 Å². The quantitative estimate of drug-likeness (QED) is 0.170. The number of fused-ring (bicyclic) bond motifs is 18. The smallest absolute Gasteiger partial charge is 0.178 e. The Balaban J connectivity index is 0.896. The second-order valence-electron chi connectivity index (χ2n) is 22.7. The second kappa shape index (κ2) is 16.1. The molecule has 7 nitrogen and oxygen atoms in total. The van der Waals surface area contributed by atoms with Gasteiger partial charge in [0.1, 0.15) is 0 Å². The third kappa shape index (κ3) is 6.03. The zero-order valence-electron chi connectivity index (χ0n) is 44.3. The highest BCUT2D eigenvalue weighted by Gasteiger charge is 2.50. The van der Waals surface area contributed by atoms with Crippen LogP contribution in [0.2, 0.25) is 0 Å². The van der Waals surface area contributed by atoms with Crippen molar-refractivity contribution in [3.8, 4) is 102 Å². The van der Waals surface area contributed by atoms with E-state index in [2.05, 4.69) is 184 Å². The van der Waals surface area contributed by atoms with E-state index in [4.69, 9.17) is 28.4 Å². The maximum atomic E-state index is 6.97. The van der Waals surface area contributed by atoms with Crippen molar-refractivity contribution in [1.29, 1.82) is 0 Å². The number of ether oxygens (including phenoxy) is 6. The van der Waals surface area contributed by atoms with Gasteiger partial charge in [-0.05, 0) is 152 Å². The lowest BCUT2D eigenvalue weighted by molar-refractivity contribution is 0.360. The largest absolute Gasteiger partial charge is 0.449 e. The molecular formula is C73H49NO6. The molecule has 0 fully saturated rings. The SMILES string of the molecule is CC1(C)c2cc(N(c3ccc4c(c3)C(C)(C)c3ccc5c(c3-4)Oc3ccccc3O5)c3ccc4c(c3)C(c3ccccc3)(c3ccccc3)c3ccc5c(c3-4)Oc3ccccc3O5)ccc2-c2c1ccc1c2Oc2ccccc2O1. The Hall–Kier alpha value is -9.98. The first kappa shape index (κ1) is 45.1. The molecule has 3 heterocycles. The highest BCUT2D eigenvalue weighted by atomic mass is 16.6. The van der Waals surface area contributed by atoms with Crippen molar-refractivity contribution in [2.45, 2.75) is 43.9 Å². The molecule has 0 saturated carbocycles. The number of hydrogen-bond acceptors (Lipinski definition) is 7. The molecule has 0 spiro atoms. The van der Waals surface area contributed by atoms with E-state index < -0.39 is 16.2 Å². The summed E-state index contributed by atoms with van der Waals surface area (Å²) >= 11 is 0. The minimum absolute atomic E-state index is 0.391. The Morgan fingerprint density at radius 3 is 0.963 bits per heavy atom. The van der Waals surface area contributed by atoms with Crippen molar-refractivity contribution in [3.63, 3.8) is 0 Å². The molecule has 3 aliphatic heterocycles. The Labute approximate surface area is 463 Å². The van der Waals surface area contributed by atoms with Crippen LogP contribution in [-0.2, 0) is 16.2 Å². The first-order chi connectivity index (χ1) is 39.1. The molecule has 0 aromatic heterocycles. The summed E-state index contributed by atoms with van der Waals surface area (Å²) in [7, 11) is 0. The van der Waals surface area contributed by atoms with Crippen molar-refractivity contribution < 1.29 is 28.4 Å². The zero-order chi connectivity index (χ0) is 53.2. The van der Waals surface area contributed by atoms with Crippen LogP contribution >= 0.6 is 0 Å². The van der Waals surface area contributed by atoms with Crippen LogP contribution in [-0.4, -0.2) is 0 Å². The third-order valence-electron chi connectivity index (χ3n) is 17.7. The normalized spacial score (nSPS) is 15.4. The summed E-state index contributed by atoms with van der Waals surface area (Å²) < 4.78 is 40.2. The third-order valence-corrected chi connectivity index (χ3v) is 17.7. The zero-order valence-corrected chi connectivity index (χ0v) is 44.3. The molecule has 0 bridgehead atoms. The van der Waals surface area contributed by atoms with Crippen molar-refractivity contribution in [2.75, 3.05) is 4.90 Å². The number of hydrogen-bond donors (Lipinski definition) is 0. The van der Waals surface area contributed by atoms with Crippen LogP contribution in [0.4, 0.5) is 17.1 Å². The molecule has 0 unspecified atom stereocenters. The van der Waals surface area contributed by atoms with Gasteiger partial charge in [0.05, 0.1) is 5.41 Å². The van der Waals surface area contributed by atoms with Gasteiger partial charge in [0, 0.05) is 44.6 Å². The minimum atomic E-state index is -0.757. The van der Waals surface area contributed by atoms with Gasteiger partial charge in [-0.15, -0.1) is 0 Å². The van der Waals surface area contributed by atoms with Crippen LogP contribution in [0.25, 0.3) is 33.4 Å². The summed E-state index contributed by atoms with van der Waals surface area (Å²) in [5, 5.41) is 0. The van der Waals surface area contributed by atoms with Gasteiger partial charge in [0.25, 0.3) is 0 Å². The van der Waals surface area contributed by atoms with Crippen LogP contribution in [0.1, 0.15) is 72.2 Å². The fraction of sp³-hybridized carbons (Fsp3) is 0.0959. The monoisotopic (exact) mass is 1040 g/mol. The summed E-state index contributed by atoms with van der Waals surface area (Å²) in [5.41, 5.74) is 17.3. The van der Waals surface area contributed by atoms with Crippen molar-refractivity contribution in [1.82, 2.24) is 0 Å². The average molecular weight is 1040 g/mol. The lowest BCUT2D eigenvalue weighted by atomic mass is 9.67. The molecule has 0 amide bonds. The fourth-order valence-electron chi connectivity index (χ4n) is 14.0. The maximum absolute atomic E-state index is 6.97. The van der Waals surface area contributed by atoms with Crippen LogP contribution in [0.5, 0.6) is 69.0 Å². The molecule has 0 radical (unpaired) electrons. The number of rotatable bonds is 5. The Kier molecular flexibility index (Phi) is 9.05.